The number of nitrogens with one attached hydrogen (secondary N) is 2. The molecule has 2 aromatic rings. The van der Waals surface area contributed by atoms with E-state index in [2.05, 4.69) is 10.6 Å². The Morgan fingerprint density at radius 2 is 1.85 bits per heavy atom. The summed E-state index contributed by atoms with van der Waals surface area (Å²) in [4.78, 5) is 24.6. The van der Waals surface area contributed by atoms with E-state index in [0.717, 1.165) is 12.0 Å². The van der Waals surface area contributed by atoms with Gasteiger partial charge < -0.3 is 16.4 Å². The van der Waals surface area contributed by atoms with Crippen LogP contribution in [0.2, 0.25) is 5.02 Å². The summed E-state index contributed by atoms with van der Waals surface area (Å²) < 4.78 is 0. The maximum absolute atomic E-state index is 12.3. The van der Waals surface area contributed by atoms with Gasteiger partial charge in [-0.05, 0) is 30.2 Å². The molecule has 0 aliphatic heterocycles. The normalized spacial score (nSPS) is 11.2. The summed E-state index contributed by atoms with van der Waals surface area (Å²) in [5.41, 5.74) is 7.71. The molecule has 4 N–H and O–H groups in total. The van der Waals surface area contributed by atoms with Crippen LogP contribution in [0.15, 0.2) is 48.5 Å². The summed E-state index contributed by atoms with van der Waals surface area (Å²) in [5, 5.41) is 5.98. The number of hydrogen-bond donors (Lipinski definition) is 3. The minimum atomic E-state index is -0.419. The zero-order valence-electron chi connectivity index (χ0n) is 14.5. The second-order valence-electron chi connectivity index (χ2n) is 5.72. The zero-order valence-corrected chi connectivity index (χ0v) is 16.1. The monoisotopic (exact) mass is 395 g/mol. The molecule has 2 aromatic carbocycles. The van der Waals surface area contributed by atoms with Crippen LogP contribution in [0.3, 0.4) is 0 Å². The lowest BCUT2D eigenvalue weighted by atomic mass is 10.0. The van der Waals surface area contributed by atoms with E-state index in [1.54, 1.807) is 18.2 Å². The molecule has 0 radical (unpaired) electrons. The molecule has 140 valence electrons. The molecule has 0 aliphatic rings. The molecule has 5 nitrogen and oxygen atoms in total. The molecule has 1 atom stereocenters. The molecule has 7 heteroatoms. The maximum Gasteiger partial charge on any atom is 0.253 e. The van der Waals surface area contributed by atoms with Crippen molar-refractivity contribution in [3.05, 3.63) is 64.7 Å². The van der Waals surface area contributed by atoms with Gasteiger partial charge >= 0.3 is 0 Å². The first-order valence-electron chi connectivity index (χ1n) is 8.19. The smallest absolute Gasteiger partial charge is 0.253 e. The largest absolute Gasteiger partial charge is 0.352 e. The highest BCUT2D eigenvalue weighted by molar-refractivity contribution is 6.31. The van der Waals surface area contributed by atoms with Crippen LogP contribution in [-0.2, 0) is 4.79 Å². The minimum absolute atomic E-state index is 0. The summed E-state index contributed by atoms with van der Waals surface area (Å²) in [6.07, 6.45) is 0.930. The average Bonchev–Trinajstić information content (AvgIpc) is 2.60. The minimum Gasteiger partial charge on any atom is -0.352 e. The van der Waals surface area contributed by atoms with Crippen LogP contribution < -0.4 is 16.4 Å². The van der Waals surface area contributed by atoms with Crippen LogP contribution in [-0.4, -0.2) is 18.4 Å². The highest BCUT2D eigenvalue weighted by Crippen LogP contribution is 2.22. The fourth-order valence-corrected chi connectivity index (χ4v) is 2.54. The Labute approximate surface area is 164 Å². The first-order valence-corrected chi connectivity index (χ1v) is 8.57. The van der Waals surface area contributed by atoms with Crippen LogP contribution in [0.4, 0.5) is 5.69 Å². The molecule has 1 unspecified atom stereocenters. The third kappa shape index (κ3) is 6.33. The zero-order chi connectivity index (χ0) is 18.2. The van der Waals surface area contributed by atoms with E-state index >= 15 is 0 Å². The van der Waals surface area contributed by atoms with Gasteiger partial charge in [-0.15, -0.1) is 12.4 Å². The lowest BCUT2D eigenvalue weighted by molar-refractivity contribution is -0.116. The molecule has 2 amide bonds. The number of halogens is 2. The first-order chi connectivity index (χ1) is 12.0. The molecular weight excluding hydrogens is 373 g/mol. The summed E-state index contributed by atoms with van der Waals surface area (Å²) in [6, 6.07) is 13.8. The van der Waals surface area contributed by atoms with E-state index in [4.69, 9.17) is 17.3 Å². The predicted molar refractivity (Wildman–Crippen MR) is 108 cm³/mol. The second kappa shape index (κ2) is 10.8. The molecule has 0 fully saturated rings. The molecule has 26 heavy (non-hydrogen) atoms. The van der Waals surface area contributed by atoms with Gasteiger partial charge in [0.15, 0.2) is 0 Å². The van der Waals surface area contributed by atoms with Crippen LogP contribution >= 0.6 is 24.0 Å². The van der Waals surface area contributed by atoms with Crippen LogP contribution in [0.25, 0.3) is 0 Å². The summed E-state index contributed by atoms with van der Waals surface area (Å²) >= 11 is 6.00. The van der Waals surface area contributed by atoms with Gasteiger partial charge in [0.05, 0.1) is 11.3 Å². The topological polar surface area (TPSA) is 84.2 Å². The van der Waals surface area contributed by atoms with Crippen molar-refractivity contribution >= 4 is 41.5 Å². The van der Waals surface area contributed by atoms with Gasteiger partial charge in [-0.2, -0.15) is 0 Å². The number of carbonyl (C=O) groups excluding carboxylic acids is 2. The van der Waals surface area contributed by atoms with Crippen molar-refractivity contribution in [1.29, 1.82) is 0 Å². The Hall–Kier alpha value is -2.08. The van der Waals surface area contributed by atoms with E-state index in [0.29, 0.717) is 22.8 Å². The molecule has 0 spiro atoms. The van der Waals surface area contributed by atoms with E-state index in [1.807, 2.05) is 37.3 Å². The highest BCUT2D eigenvalue weighted by atomic mass is 35.5. The number of carbonyl (C=O) groups is 2. The Balaban J connectivity index is 0.00000338. The van der Waals surface area contributed by atoms with Crippen LogP contribution in [0, 0.1) is 0 Å². The third-order valence-corrected chi connectivity index (χ3v) is 3.90. The summed E-state index contributed by atoms with van der Waals surface area (Å²) in [6.45, 7) is 2.53. The predicted octanol–water partition coefficient (Wildman–Crippen LogP) is 3.93. The SMILES string of the molecule is CCCNC(=O)c1ccc(Cl)cc1NC(=O)CC(N)c1ccccc1.Cl. The van der Waals surface area contributed by atoms with Crippen molar-refractivity contribution in [3.8, 4) is 0 Å². The molecule has 0 heterocycles. The van der Waals surface area contributed by atoms with Crippen molar-refractivity contribution in [2.24, 2.45) is 5.73 Å². The van der Waals surface area contributed by atoms with Crippen LogP contribution in [0.1, 0.15) is 41.7 Å². The van der Waals surface area contributed by atoms with Gasteiger partial charge in [0, 0.05) is 24.0 Å². The number of anilines is 1. The van der Waals surface area contributed by atoms with E-state index in [9.17, 15) is 9.59 Å². The summed E-state index contributed by atoms with van der Waals surface area (Å²) in [5.74, 6) is -0.524. The molecule has 2 rings (SSSR count). The van der Waals surface area contributed by atoms with Crippen molar-refractivity contribution in [3.63, 3.8) is 0 Å². The van der Waals surface area contributed by atoms with E-state index in [1.165, 1.54) is 0 Å². The number of amides is 2. The van der Waals surface area contributed by atoms with Gasteiger partial charge in [-0.25, -0.2) is 0 Å². The molecule has 0 bridgehead atoms. The quantitative estimate of drug-likeness (QED) is 0.663. The highest BCUT2D eigenvalue weighted by Gasteiger charge is 2.16. The van der Waals surface area contributed by atoms with Gasteiger partial charge in [0.25, 0.3) is 5.91 Å². The Bertz CT molecular complexity index is 739. The molecule has 0 saturated carbocycles. The summed E-state index contributed by atoms with van der Waals surface area (Å²) in [7, 11) is 0. The average molecular weight is 396 g/mol. The van der Waals surface area contributed by atoms with E-state index < -0.39 is 6.04 Å². The fourth-order valence-electron chi connectivity index (χ4n) is 2.37. The first kappa shape index (κ1) is 22.0. The van der Waals surface area contributed by atoms with Gasteiger partial charge in [-0.3, -0.25) is 9.59 Å². The maximum atomic E-state index is 12.3. The number of nitrogens with two attached hydrogens (primary N) is 1. The molecule has 0 aliphatic carbocycles. The van der Waals surface area contributed by atoms with Crippen molar-refractivity contribution in [2.75, 3.05) is 11.9 Å². The van der Waals surface area contributed by atoms with Crippen molar-refractivity contribution in [2.45, 2.75) is 25.8 Å². The molecular formula is C19H23Cl2N3O2. The van der Waals surface area contributed by atoms with Crippen LogP contribution in [0.5, 0.6) is 0 Å². The second-order valence-corrected chi connectivity index (χ2v) is 6.15. The van der Waals surface area contributed by atoms with Gasteiger partial charge in [-0.1, -0.05) is 48.9 Å². The standard InChI is InChI=1S/C19H22ClN3O2.ClH/c1-2-10-22-19(25)15-9-8-14(20)11-17(15)23-18(24)12-16(21)13-6-4-3-5-7-13;/h3-9,11,16H,2,10,12,21H2,1H3,(H,22,25)(H,23,24);1H. The number of rotatable bonds is 7. The molecule has 0 aromatic heterocycles. The Morgan fingerprint density at radius 1 is 1.15 bits per heavy atom. The van der Waals surface area contributed by atoms with Gasteiger partial charge in [0.2, 0.25) is 5.91 Å². The van der Waals surface area contributed by atoms with E-state index in [-0.39, 0.29) is 30.6 Å². The van der Waals surface area contributed by atoms with Crippen molar-refractivity contribution < 1.29 is 9.59 Å². The lowest BCUT2D eigenvalue weighted by Crippen LogP contribution is -2.26. The van der Waals surface area contributed by atoms with Crippen molar-refractivity contribution in [1.82, 2.24) is 5.32 Å². The Kier molecular flexibility index (Phi) is 9.13. The van der Waals surface area contributed by atoms with Gasteiger partial charge in [0.1, 0.15) is 0 Å². The molecule has 0 saturated heterocycles. The third-order valence-electron chi connectivity index (χ3n) is 3.67. The lowest BCUT2D eigenvalue weighted by Gasteiger charge is -2.14. The fraction of sp³-hybridized carbons (Fsp3) is 0.263. The Morgan fingerprint density at radius 3 is 2.50 bits per heavy atom. The number of benzene rings is 2. The number of hydrogen-bond acceptors (Lipinski definition) is 3.